The van der Waals surface area contributed by atoms with Gasteiger partial charge in [0.1, 0.15) is 0 Å². The number of hydrogen-bond acceptors (Lipinski definition) is 3. The fraction of sp³-hybridized carbons (Fsp3) is 0.150. The number of H-pyrrole nitrogens is 2. The van der Waals surface area contributed by atoms with Crippen molar-refractivity contribution in [2.75, 3.05) is 5.32 Å². The Bertz CT molecular complexity index is 1240. The second-order valence-corrected chi connectivity index (χ2v) is 6.58. The van der Waals surface area contributed by atoms with Crippen LogP contribution in [0.25, 0.3) is 21.9 Å². The average Bonchev–Trinajstić information content (AvgIpc) is 3.24. The molecule has 6 nitrogen and oxygen atoms in total. The number of carbonyl (C=O) groups is 1. The predicted octanol–water partition coefficient (Wildman–Crippen LogP) is 3.15. The van der Waals surface area contributed by atoms with Crippen LogP contribution in [0.3, 0.4) is 0 Å². The van der Waals surface area contributed by atoms with Crippen molar-refractivity contribution in [2.45, 2.75) is 19.3 Å². The number of aromatic amines is 2. The highest BCUT2D eigenvalue weighted by Gasteiger charge is 2.23. The summed E-state index contributed by atoms with van der Waals surface area (Å²) in [6, 6.07) is 13.1. The highest BCUT2D eigenvalue weighted by atomic mass is 16.2. The molecule has 1 aliphatic carbocycles. The second-order valence-electron chi connectivity index (χ2n) is 6.58. The van der Waals surface area contributed by atoms with Gasteiger partial charge in [0.2, 0.25) is 0 Å². The number of carbonyl (C=O) groups excluding carboxylic acids is 1. The molecule has 0 unspecified atom stereocenters. The quantitative estimate of drug-likeness (QED) is 0.522. The standard InChI is InChI=1S/C20H16N4O2/c25-19(21-11-8-9-16-17(10-11)24-20(26)23-16)18-12-4-1-2-6-14(12)22-15-7-3-5-13(15)18/h1-2,4,6,8-10H,3,5,7H2,(H,21,25)(H2,23,24,26). The number of anilines is 1. The molecule has 1 aliphatic rings. The van der Waals surface area contributed by atoms with Crippen LogP contribution in [-0.2, 0) is 12.8 Å². The maximum absolute atomic E-state index is 13.1. The van der Waals surface area contributed by atoms with E-state index in [1.807, 2.05) is 24.3 Å². The lowest BCUT2D eigenvalue weighted by Gasteiger charge is -2.13. The van der Waals surface area contributed by atoms with Gasteiger partial charge >= 0.3 is 5.69 Å². The van der Waals surface area contributed by atoms with Crippen LogP contribution in [0.2, 0.25) is 0 Å². The Balaban J connectivity index is 1.60. The number of aryl methyl sites for hydroxylation is 1. The van der Waals surface area contributed by atoms with Crippen molar-refractivity contribution in [3.63, 3.8) is 0 Å². The van der Waals surface area contributed by atoms with Gasteiger partial charge in [-0.15, -0.1) is 0 Å². The first-order chi connectivity index (χ1) is 12.7. The summed E-state index contributed by atoms with van der Waals surface area (Å²) >= 11 is 0. The first-order valence-corrected chi connectivity index (χ1v) is 8.63. The number of pyridine rings is 1. The summed E-state index contributed by atoms with van der Waals surface area (Å²) in [5.74, 6) is -0.140. The number of nitrogens with zero attached hydrogens (tertiary/aromatic N) is 1. The third kappa shape index (κ3) is 2.30. The van der Waals surface area contributed by atoms with Gasteiger partial charge in [0.25, 0.3) is 5.91 Å². The monoisotopic (exact) mass is 344 g/mol. The topological polar surface area (TPSA) is 90.6 Å². The van der Waals surface area contributed by atoms with Gasteiger partial charge in [0.05, 0.1) is 22.1 Å². The summed E-state index contributed by atoms with van der Waals surface area (Å²) in [5, 5.41) is 3.86. The number of para-hydroxylation sites is 1. The van der Waals surface area contributed by atoms with Crippen molar-refractivity contribution >= 4 is 33.5 Å². The number of imidazole rings is 1. The van der Waals surface area contributed by atoms with E-state index in [2.05, 4.69) is 15.3 Å². The van der Waals surface area contributed by atoms with Crippen LogP contribution < -0.4 is 11.0 Å². The molecule has 128 valence electrons. The second kappa shape index (κ2) is 5.56. The largest absolute Gasteiger partial charge is 0.323 e. The normalized spacial score (nSPS) is 13.2. The third-order valence-electron chi connectivity index (χ3n) is 4.92. The number of benzene rings is 2. The Morgan fingerprint density at radius 1 is 1.04 bits per heavy atom. The Morgan fingerprint density at radius 2 is 1.88 bits per heavy atom. The van der Waals surface area contributed by atoms with E-state index in [1.165, 1.54) is 0 Å². The molecule has 0 spiro atoms. The van der Waals surface area contributed by atoms with E-state index in [9.17, 15) is 9.59 Å². The van der Waals surface area contributed by atoms with Crippen molar-refractivity contribution in [3.05, 3.63) is 69.8 Å². The van der Waals surface area contributed by atoms with E-state index in [0.717, 1.165) is 41.4 Å². The van der Waals surface area contributed by atoms with Gasteiger partial charge in [-0.3, -0.25) is 9.78 Å². The van der Waals surface area contributed by atoms with Crippen LogP contribution in [0, 0.1) is 0 Å². The predicted molar refractivity (Wildman–Crippen MR) is 101 cm³/mol. The molecule has 26 heavy (non-hydrogen) atoms. The minimum absolute atomic E-state index is 0.140. The Hall–Kier alpha value is -3.41. The molecule has 0 atom stereocenters. The molecule has 0 saturated heterocycles. The van der Waals surface area contributed by atoms with Gasteiger partial charge in [0, 0.05) is 16.8 Å². The van der Waals surface area contributed by atoms with E-state index in [-0.39, 0.29) is 11.6 Å². The van der Waals surface area contributed by atoms with Gasteiger partial charge in [-0.1, -0.05) is 18.2 Å². The number of hydrogen-bond donors (Lipinski definition) is 3. The SMILES string of the molecule is O=C(Nc1ccc2[nH]c(=O)[nH]c2c1)c1c2c(nc3ccccc13)CCC2. The minimum atomic E-state index is -0.263. The highest BCUT2D eigenvalue weighted by Crippen LogP contribution is 2.30. The van der Waals surface area contributed by atoms with Crippen LogP contribution in [0.1, 0.15) is 28.0 Å². The lowest BCUT2D eigenvalue weighted by molar-refractivity contribution is 0.102. The van der Waals surface area contributed by atoms with E-state index >= 15 is 0 Å². The highest BCUT2D eigenvalue weighted by molar-refractivity contribution is 6.14. The molecule has 0 saturated carbocycles. The zero-order valence-electron chi connectivity index (χ0n) is 13.9. The molecular weight excluding hydrogens is 328 g/mol. The molecule has 0 aliphatic heterocycles. The zero-order chi connectivity index (χ0) is 17.7. The number of rotatable bonds is 2. The summed E-state index contributed by atoms with van der Waals surface area (Å²) < 4.78 is 0. The Morgan fingerprint density at radius 3 is 2.81 bits per heavy atom. The fourth-order valence-corrected chi connectivity index (χ4v) is 3.77. The number of amides is 1. The Kier molecular flexibility index (Phi) is 3.18. The lowest BCUT2D eigenvalue weighted by atomic mass is 10.0. The van der Waals surface area contributed by atoms with Crippen LogP contribution in [-0.4, -0.2) is 20.9 Å². The maximum Gasteiger partial charge on any atom is 0.323 e. The van der Waals surface area contributed by atoms with E-state index in [0.29, 0.717) is 22.3 Å². The summed E-state index contributed by atoms with van der Waals surface area (Å²) in [4.78, 5) is 34.7. The molecule has 2 aromatic carbocycles. The van der Waals surface area contributed by atoms with Crippen molar-refractivity contribution in [1.29, 1.82) is 0 Å². The van der Waals surface area contributed by atoms with Crippen LogP contribution in [0.4, 0.5) is 5.69 Å². The van der Waals surface area contributed by atoms with E-state index in [1.54, 1.807) is 18.2 Å². The third-order valence-corrected chi connectivity index (χ3v) is 4.92. The maximum atomic E-state index is 13.1. The van der Waals surface area contributed by atoms with Crippen LogP contribution in [0.5, 0.6) is 0 Å². The van der Waals surface area contributed by atoms with Gasteiger partial charge in [-0.25, -0.2) is 4.79 Å². The molecule has 4 aromatic rings. The molecule has 3 N–H and O–H groups in total. The fourth-order valence-electron chi connectivity index (χ4n) is 3.77. The average molecular weight is 344 g/mol. The van der Waals surface area contributed by atoms with Crippen LogP contribution in [0.15, 0.2) is 47.3 Å². The molecular formula is C20H16N4O2. The summed E-state index contributed by atoms with van der Waals surface area (Å²) in [7, 11) is 0. The lowest BCUT2D eigenvalue weighted by Crippen LogP contribution is -2.15. The van der Waals surface area contributed by atoms with Gasteiger partial charge in [0.15, 0.2) is 0 Å². The molecule has 0 fully saturated rings. The minimum Gasteiger partial charge on any atom is -0.322 e. The number of aromatic nitrogens is 3. The van der Waals surface area contributed by atoms with Crippen molar-refractivity contribution in [1.82, 2.24) is 15.0 Å². The summed E-state index contributed by atoms with van der Waals surface area (Å²) in [6.07, 6.45) is 2.81. The number of nitrogens with one attached hydrogen (secondary N) is 3. The molecule has 1 amide bonds. The smallest absolute Gasteiger partial charge is 0.322 e. The van der Waals surface area contributed by atoms with E-state index in [4.69, 9.17) is 4.98 Å². The van der Waals surface area contributed by atoms with Crippen molar-refractivity contribution < 1.29 is 4.79 Å². The van der Waals surface area contributed by atoms with Gasteiger partial charge in [-0.2, -0.15) is 0 Å². The molecule has 6 heteroatoms. The summed E-state index contributed by atoms with van der Waals surface area (Å²) in [6.45, 7) is 0. The molecule has 0 radical (unpaired) electrons. The first-order valence-electron chi connectivity index (χ1n) is 8.63. The molecule has 2 aromatic heterocycles. The van der Waals surface area contributed by atoms with Crippen molar-refractivity contribution in [2.24, 2.45) is 0 Å². The van der Waals surface area contributed by atoms with Gasteiger partial charge in [-0.05, 0) is 49.1 Å². The van der Waals surface area contributed by atoms with Crippen LogP contribution >= 0.6 is 0 Å². The Labute approximate surface area is 148 Å². The summed E-state index contributed by atoms with van der Waals surface area (Å²) in [5.41, 5.74) is 5.40. The number of fused-ring (bicyclic) bond motifs is 3. The van der Waals surface area contributed by atoms with Crippen molar-refractivity contribution in [3.8, 4) is 0 Å². The van der Waals surface area contributed by atoms with Gasteiger partial charge < -0.3 is 15.3 Å². The molecule has 0 bridgehead atoms. The molecule has 2 heterocycles. The first kappa shape index (κ1) is 14.9. The van der Waals surface area contributed by atoms with E-state index < -0.39 is 0 Å². The molecule has 5 rings (SSSR count). The zero-order valence-corrected chi connectivity index (χ0v) is 13.9.